The van der Waals surface area contributed by atoms with Crippen molar-refractivity contribution in [3.05, 3.63) is 24.4 Å². The van der Waals surface area contributed by atoms with E-state index in [1.54, 1.807) is 4.90 Å². The highest BCUT2D eigenvalue weighted by molar-refractivity contribution is 6.09. The fourth-order valence-corrected chi connectivity index (χ4v) is 5.84. The molecule has 4 fully saturated rings. The number of hydrogen-bond donors (Lipinski definition) is 2. The Morgan fingerprint density at radius 1 is 1.07 bits per heavy atom. The van der Waals surface area contributed by atoms with Crippen molar-refractivity contribution in [2.75, 3.05) is 44.2 Å². The summed E-state index contributed by atoms with van der Waals surface area (Å²) in [5.41, 5.74) is 1.90. The molecular weight excluding hydrogens is 380 g/mol. The maximum absolute atomic E-state index is 12.3. The first-order valence-corrected chi connectivity index (χ1v) is 11.2. The zero-order valence-electron chi connectivity index (χ0n) is 17.1. The van der Waals surface area contributed by atoms with Crippen LogP contribution in [-0.4, -0.2) is 65.9 Å². The summed E-state index contributed by atoms with van der Waals surface area (Å²) in [6.07, 6.45) is 4.42. The molecule has 0 bridgehead atoms. The number of anilines is 1. The summed E-state index contributed by atoms with van der Waals surface area (Å²) in [6, 6.07) is 6.05. The van der Waals surface area contributed by atoms with Gasteiger partial charge in [-0.25, -0.2) is 4.79 Å². The van der Waals surface area contributed by atoms with Gasteiger partial charge in [-0.05, 0) is 55.8 Å². The van der Waals surface area contributed by atoms with Crippen LogP contribution in [-0.2, 0) is 4.79 Å². The first-order valence-electron chi connectivity index (χ1n) is 11.2. The molecule has 8 nitrogen and oxygen atoms in total. The van der Waals surface area contributed by atoms with Crippen molar-refractivity contribution in [1.82, 2.24) is 25.3 Å². The van der Waals surface area contributed by atoms with Gasteiger partial charge in [0.2, 0.25) is 5.91 Å². The highest BCUT2D eigenvalue weighted by Crippen LogP contribution is 2.49. The van der Waals surface area contributed by atoms with Crippen molar-refractivity contribution < 1.29 is 9.59 Å². The molecule has 6 rings (SSSR count). The number of urea groups is 1. The largest absolute Gasteiger partial charge is 0.328 e. The number of carbonyl (C=O) groups excluding carboxylic acids is 2. The van der Waals surface area contributed by atoms with E-state index >= 15 is 0 Å². The number of aromatic nitrogens is 2. The molecule has 3 saturated heterocycles. The van der Waals surface area contributed by atoms with E-state index in [2.05, 4.69) is 26.3 Å². The number of piperidine rings is 2. The molecule has 158 valence electrons. The zero-order chi connectivity index (χ0) is 20.2. The molecule has 2 N–H and O–H groups in total. The molecule has 1 aromatic carbocycles. The van der Waals surface area contributed by atoms with E-state index in [1.807, 2.05) is 18.3 Å². The van der Waals surface area contributed by atoms with E-state index in [0.29, 0.717) is 19.0 Å². The van der Waals surface area contributed by atoms with Crippen LogP contribution in [0.25, 0.3) is 10.9 Å². The number of amides is 3. The predicted molar refractivity (Wildman–Crippen MR) is 113 cm³/mol. The van der Waals surface area contributed by atoms with Crippen LogP contribution < -0.4 is 15.5 Å². The van der Waals surface area contributed by atoms with Crippen molar-refractivity contribution in [3.8, 4) is 0 Å². The molecule has 3 aliphatic heterocycles. The van der Waals surface area contributed by atoms with Gasteiger partial charge in [-0.15, -0.1) is 0 Å². The van der Waals surface area contributed by atoms with Crippen molar-refractivity contribution >= 4 is 28.5 Å². The van der Waals surface area contributed by atoms with Crippen LogP contribution in [0.4, 0.5) is 10.5 Å². The molecule has 1 aromatic heterocycles. The third-order valence-corrected chi connectivity index (χ3v) is 7.60. The molecule has 0 radical (unpaired) electrons. The topological polar surface area (TPSA) is 82.5 Å². The van der Waals surface area contributed by atoms with Gasteiger partial charge in [0.05, 0.1) is 23.4 Å². The van der Waals surface area contributed by atoms with Crippen LogP contribution in [0.2, 0.25) is 0 Å². The van der Waals surface area contributed by atoms with Gasteiger partial charge in [0.25, 0.3) is 0 Å². The van der Waals surface area contributed by atoms with Crippen molar-refractivity contribution in [2.24, 2.45) is 17.8 Å². The lowest BCUT2D eigenvalue weighted by atomic mass is 10.0. The van der Waals surface area contributed by atoms with Crippen LogP contribution in [0.1, 0.15) is 25.3 Å². The van der Waals surface area contributed by atoms with E-state index in [0.717, 1.165) is 60.3 Å². The molecule has 4 heterocycles. The summed E-state index contributed by atoms with van der Waals surface area (Å²) in [5.74, 6) is 2.56. The Labute approximate surface area is 175 Å². The Morgan fingerprint density at radius 3 is 2.63 bits per heavy atom. The van der Waals surface area contributed by atoms with Crippen LogP contribution in [0, 0.1) is 17.8 Å². The van der Waals surface area contributed by atoms with Gasteiger partial charge in [-0.2, -0.15) is 5.10 Å². The van der Waals surface area contributed by atoms with Crippen molar-refractivity contribution in [3.63, 3.8) is 0 Å². The second-order valence-corrected chi connectivity index (χ2v) is 9.24. The standard InChI is InChI=1S/C22H28N6O2/c29-21-6-9-27(22(30)25-21)19-2-1-3-20-17(19)12-24-28(20)14-4-7-26(8-5-14)13-18-15-10-23-11-16(15)18/h1-3,12,14-16,18,23H,4-11,13H2,(H,25,29,30)/t15-,16+,18-. The SMILES string of the molecule is O=C1CCN(c2cccc3c2cnn3C2CCN(C[C@@H]3[C@@H]4CNC[C@@H]43)CC2)C(=O)N1. The van der Waals surface area contributed by atoms with Crippen molar-refractivity contribution in [1.29, 1.82) is 0 Å². The van der Waals surface area contributed by atoms with Crippen LogP contribution in [0.5, 0.6) is 0 Å². The molecule has 1 aliphatic carbocycles. The number of nitrogens with one attached hydrogen (secondary N) is 2. The molecule has 2 aromatic rings. The molecule has 0 unspecified atom stereocenters. The Balaban J connectivity index is 1.16. The number of nitrogens with zero attached hydrogens (tertiary/aromatic N) is 4. The average molecular weight is 409 g/mol. The lowest BCUT2D eigenvalue weighted by Gasteiger charge is -2.33. The molecule has 3 atom stereocenters. The Kier molecular flexibility index (Phi) is 4.31. The van der Waals surface area contributed by atoms with Gasteiger partial charge in [0, 0.05) is 38.0 Å². The Bertz CT molecular complexity index is 985. The first-order chi connectivity index (χ1) is 14.7. The fourth-order valence-electron chi connectivity index (χ4n) is 5.84. The van der Waals surface area contributed by atoms with Gasteiger partial charge < -0.3 is 10.2 Å². The van der Waals surface area contributed by atoms with Crippen molar-refractivity contribution in [2.45, 2.75) is 25.3 Å². The number of likely N-dealkylation sites (tertiary alicyclic amines) is 1. The lowest BCUT2D eigenvalue weighted by molar-refractivity contribution is -0.120. The van der Waals surface area contributed by atoms with E-state index in [9.17, 15) is 9.59 Å². The van der Waals surface area contributed by atoms with Crippen LogP contribution in [0.3, 0.4) is 0 Å². The third kappa shape index (κ3) is 3.01. The van der Waals surface area contributed by atoms with Gasteiger partial charge >= 0.3 is 6.03 Å². The molecule has 3 amide bonds. The van der Waals surface area contributed by atoms with Gasteiger partial charge in [0.1, 0.15) is 0 Å². The number of benzene rings is 1. The maximum atomic E-state index is 12.3. The quantitative estimate of drug-likeness (QED) is 0.803. The highest BCUT2D eigenvalue weighted by atomic mass is 16.2. The van der Waals surface area contributed by atoms with Gasteiger partial charge in [-0.1, -0.05) is 6.07 Å². The minimum absolute atomic E-state index is 0.211. The van der Waals surface area contributed by atoms with E-state index in [1.165, 1.54) is 19.6 Å². The van der Waals surface area contributed by atoms with E-state index in [-0.39, 0.29) is 11.9 Å². The Morgan fingerprint density at radius 2 is 1.87 bits per heavy atom. The molecule has 8 heteroatoms. The minimum atomic E-state index is -0.347. The fraction of sp³-hybridized carbons (Fsp3) is 0.591. The van der Waals surface area contributed by atoms with E-state index < -0.39 is 0 Å². The zero-order valence-corrected chi connectivity index (χ0v) is 17.1. The molecule has 0 spiro atoms. The summed E-state index contributed by atoms with van der Waals surface area (Å²) >= 11 is 0. The number of fused-ring (bicyclic) bond motifs is 2. The molecule has 1 saturated carbocycles. The number of carbonyl (C=O) groups is 2. The number of rotatable bonds is 4. The van der Waals surface area contributed by atoms with Gasteiger partial charge in [-0.3, -0.25) is 19.7 Å². The second kappa shape index (κ2) is 7.06. The summed E-state index contributed by atoms with van der Waals surface area (Å²) in [6.45, 7) is 6.37. The third-order valence-electron chi connectivity index (χ3n) is 7.60. The predicted octanol–water partition coefficient (Wildman–Crippen LogP) is 1.58. The number of hydrogen-bond acceptors (Lipinski definition) is 5. The summed E-state index contributed by atoms with van der Waals surface area (Å²) in [7, 11) is 0. The second-order valence-electron chi connectivity index (χ2n) is 9.24. The maximum Gasteiger partial charge on any atom is 0.328 e. The van der Waals surface area contributed by atoms with Crippen LogP contribution >= 0.6 is 0 Å². The minimum Gasteiger partial charge on any atom is -0.316 e. The first kappa shape index (κ1) is 18.3. The van der Waals surface area contributed by atoms with Crippen LogP contribution in [0.15, 0.2) is 24.4 Å². The molecular formula is C22H28N6O2. The summed E-state index contributed by atoms with van der Waals surface area (Å²) in [5, 5.41) is 11.6. The summed E-state index contributed by atoms with van der Waals surface area (Å²) < 4.78 is 2.15. The molecule has 4 aliphatic rings. The summed E-state index contributed by atoms with van der Waals surface area (Å²) in [4.78, 5) is 28.1. The normalized spacial score (nSPS) is 30.0. The van der Waals surface area contributed by atoms with E-state index in [4.69, 9.17) is 5.10 Å². The Hall–Kier alpha value is -2.45. The monoisotopic (exact) mass is 408 g/mol. The lowest BCUT2D eigenvalue weighted by Crippen LogP contribution is -2.49. The average Bonchev–Trinajstić information content (AvgIpc) is 3.13. The smallest absolute Gasteiger partial charge is 0.316 e. The highest BCUT2D eigenvalue weighted by Gasteiger charge is 2.52. The number of imide groups is 1. The molecule has 30 heavy (non-hydrogen) atoms. The van der Waals surface area contributed by atoms with Gasteiger partial charge in [0.15, 0.2) is 0 Å².